The van der Waals surface area contributed by atoms with E-state index in [4.69, 9.17) is 32.7 Å². The summed E-state index contributed by atoms with van der Waals surface area (Å²) < 4.78 is 11.9. The molecular weight excluding hydrogens is 447 g/mol. The quantitative estimate of drug-likeness (QED) is 0.328. The van der Waals surface area contributed by atoms with Crippen LogP contribution in [0.5, 0.6) is 11.5 Å². The topological polar surface area (TPSA) is 109 Å². The fourth-order valence-electron chi connectivity index (χ4n) is 2.97. The van der Waals surface area contributed by atoms with Gasteiger partial charge in [-0.25, -0.2) is 4.68 Å². The number of anilines is 1. The van der Waals surface area contributed by atoms with E-state index in [0.717, 1.165) is 0 Å². The fraction of sp³-hybridized carbons (Fsp3) is 0.100. The fourth-order valence-corrected chi connectivity index (χ4v) is 3.49. The predicted octanol–water partition coefficient (Wildman–Crippen LogP) is 4.53. The summed E-state index contributed by atoms with van der Waals surface area (Å²) >= 11 is 12.4. The maximum Gasteiger partial charge on any atom is 0.280 e. The smallest absolute Gasteiger partial charge is 0.280 e. The summed E-state index contributed by atoms with van der Waals surface area (Å²) in [6.07, 6.45) is 4.04. The molecule has 4 rings (SSSR count). The van der Waals surface area contributed by atoms with Crippen molar-refractivity contribution in [1.82, 2.24) is 9.78 Å². The zero-order chi connectivity index (χ0) is 22.0. The van der Waals surface area contributed by atoms with Crippen molar-refractivity contribution in [2.75, 3.05) is 12.1 Å². The maximum atomic E-state index is 12.4. The number of halogens is 2. The number of nitrogens with one attached hydrogen (secondary N) is 1. The van der Waals surface area contributed by atoms with Gasteiger partial charge in [0.05, 0.1) is 29.3 Å². The van der Waals surface area contributed by atoms with Crippen LogP contribution in [0.4, 0.5) is 11.5 Å². The second-order valence-electron chi connectivity index (χ2n) is 6.42. The molecule has 0 radical (unpaired) electrons. The summed E-state index contributed by atoms with van der Waals surface area (Å²) in [4.78, 5) is 23.2. The first-order valence-electron chi connectivity index (χ1n) is 8.94. The minimum absolute atomic E-state index is 0.0143. The molecule has 0 saturated heterocycles. The van der Waals surface area contributed by atoms with E-state index < -0.39 is 10.8 Å². The number of nitro groups is 1. The molecule has 0 atom stereocenters. The molecule has 0 saturated carbocycles. The molecule has 1 aromatic heterocycles. The van der Waals surface area contributed by atoms with Gasteiger partial charge in [0.25, 0.3) is 5.69 Å². The Labute approximate surface area is 185 Å². The molecular formula is C20H14Cl2N4O5. The summed E-state index contributed by atoms with van der Waals surface area (Å²) in [5.41, 5.74) is 0.670. The van der Waals surface area contributed by atoms with Gasteiger partial charge in [0.2, 0.25) is 12.7 Å². The van der Waals surface area contributed by atoms with Crippen LogP contribution in [0.3, 0.4) is 0 Å². The summed E-state index contributed by atoms with van der Waals surface area (Å²) in [5.74, 6) is 0.570. The number of aromatic nitrogens is 2. The van der Waals surface area contributed by atoms with E-state index in [1.807, 2.05) is 0 Å². The zero-order valence-electron chi connectivity index (χ0n) is 15.7. The lowest BCUT2D eigenvalue weighted by atomic mass is 10.1. The van der Waals surface area contributed by atoms with Crippen LogP contribution in [0.2, 0.25) is 10.0 Å². The SMILES string of the molecule is O=C(/C=C/c1cc2c(cc1[N+](=O)[O-])OCO2)Nc1ccnn1Cc1c(Cl)cccc1Cl. The third-order valence-electron chi connectivity index (χ3n) is 4.47. The van der Waals surface area contributed by atoms with Gasteiger partial charge in [-0.1, -0.05) is 29.3 Å². The molecule has 1 amide bonds. The van der Waals surface area contributed by atoms with Crippen molar-refractivity contribution < 1.29 is 19.2 Å². The van der Waals surface area contributed by atoms with Crippen LogP contribution in [0.1, 0.15) is 11.1 Å². The van der Waals surface area contributed by atoms with E-state index in [9.17, 15) is 14.9 Å². The highest BCUT2D eigenvalue weighted by molar-refractivity contribution is 6.36. The molecule has 2 aromatic carbocycles. The number of carbonyl (C=O) groups is 1. The third-order valence-corrected chi connectivity index (χ3v) is 5.18. The van der Waals surface area contributed by atoms with E-state index in [1.54, 1.807) is 24.3 Å². The third kappa shape index (κ3) is 4.47. The summed E-state index contributed by atoms with van der Waals surface area (Å²) in [6.45, 7) is 0.234. The molecule has 1 aliphatic rings. The highest BCUT2D eigenvalue weighted by atomic mass is 35.5. The lowest BCUT2D eigenvalue weighted by Crippen LogP contribution is -2.14. The number of carbonyl (C=O) groups excluding carboxylic acids is 1. The maximum absolute atomic E-state index is 12.4. The standard InChI is InChI=1S/C20H14Cl2N4O5/c21-14-2-1-3-15(22)13(14)10-25-19(6-7-23-25)24-20(27)5-4-12-8-17-18(31-11-30-17)9-16(12)26(28)29/h1-9H,10-11H2,(H,24,27)/b5-4+. The Bertz CT molecular complexity index is 1190. The van der Waals surface area contributed by atoms with Gasteiger partial charge < -0.3 is 14.8 Å². The Kier molecular flexibility index (Phi) is 5.79. The van der Waals surface area contributed by atoms with Crippen molar-refractivity contribution in [3.63, 3.8) is 0 Å². The van der Waals surface area contributed by atoms with Gasteiger partial charge in [-0.05, 0) is 24.3 Å². The van der Waals surface area contributed by atoms with Gasteiger partial charge in [-0.2, -0.15) is 5.10 Å². The summed E-state index contributed by atoms with van der Waals surface area (Å²) in [5, 5.41) is 19.2. The lowest BCUT2D eigenvalue weighted by molar-refractivity contribution is -0.385. The Morgan fingerprint density at radius 3 is 2.65 bits per heavy atom. The number of hydrogen-bond acceptors (Lipinski definition) is 6. The normalized spacial score (nSPS) is 12.3. The zero-order valence-corrected chi connectivity index (χ0v) is 17.3. The number of ether oxygens (including phenoxy) is 2. The molecule has 3 aromatic rings. The molecule has 0 fully saturated rings. The molecule has 0 unspecified atom stereocenters. The van der Waals surface area contributed by atoms with Crippen molar-refractivity contribution in [1.29, 1.82) is 0 Å². The van der Waals surface area contributed by atoms with Crippen LogP contribution in [-0.4, -0.2) is 27.4 Å². The number of fused-ring (bicyclic) bond motifs is 1. The van der Waals surface area contributed by atoms with Gasteiger partial charge in [0.1, 0.15) is 5.82 Å². The van der Waals surface area contributed by atoms with Gasteiger partial charge in [-0.15, -0.1) is 0 Å². The van der Waals surface area contributed by atoms with E-state index in [0.29, 0.717) is 27.2 Å². The van der Waals surface area contributed by atoms with Crippen LogP contribution in [0, 0.1) is 10.1 Å². The Morgan fingerprint density at radius 2 is 1.94 bits per heavy atom. The predicted molar refractivity (Wildman–Crippen MR) is 115 cm³/mol. The van der Waals surface area contributed by atoms with Gasteiger partial charge in [0, 0.05) is 27.8 Å². The van der Waals surface area contributed by atoms with Gasteiger partial charge >= 0.3 is 0 Å². The number of amides is 1. The van der Waals surface area contributed by atoms with E-state index in [-0.39, 0.29) is 30.3 Å². The molecule has 31 heavy (non-hydrogen) atoms. The number of hydrogen-bond donors (Lipinski definition) is 1. The van der Waals surface area contributed by atoms with Crippen molar-refractivity contribution in [2.45, 2.75) is 6.54 Å². The molecule has 0 bridgehead atoms. The first kappa shape index (κ1) is 20.7. The van der Waals surface area contributed by atoms with Crippen LogP contribution in [0.25, 0.3) is 6.08 Å². The lowest BCUT2D eigenvalue weighted by Gasteiger charge is -2.10. The second kappa shape index (κ2) is 8.66. The Morgan fingerprint density at radius 1 is 1.23 bits per heavy atom. The number of nitrogens with zero attached hydrogens (tertiary/aromatic N) is 3. The van der Waals surface area contributed by atoms with Crippen LogP contribution < -0.4 is 14.8 Å². The van der Waals surface area contributed by atoms with Crippen molar-refractivity contribution in [2.24, 2.45) is 0 Å². The molecule has 9 nitrogen and oxygen atoms in total. The first-order valence-corrected chi connectivity index (χ1v) is 9.70. The minimum atomic E-state index is -0.554. The van der Waals surface area contributed by atoms with E-state index in [1.165, 1.54) is 35.2 Å². The van der Waals surface area contributed by atoms with Crippen LogP contribution >= 0.6 is 23.2 Å². The van der Waals surface area contributed by atoms with Crippen molar-refractivity contribution in [3.05, 3.63) is 80.0 Å². The van der Waals surface area contributed by atoms with Crippen LogP contribution in [-0.2, 0) is 11.3 Å². The number of rotatable bonds is 6. The molecule has 0 spiro atoms. The van der Waals surface area contributed by atoms with Crippen molar-refractivity contribution in [3.8, 4) is 11.5 Å². The monoisotopic (exact) mass is 460 g/mol. The highest BCUT2D eigenvalue weighted by Crippen LogP contribution is 2.38. The van der Waals surface area contributed by atoms with E-state index >= 15 is 0 Å². The van der Waals surface area contributed by atoms with Crippen LogP contribution in [0.15, 0.2) is 48.7 Å². The molecule has 0 aliphatic carbocycles. The van der Waals surface area contributed by atoms with E-state index in [2.05, 4.69) is 10.4 Å². The average molecular weight is 461 g/mol. The summed E-state index contributed by atoms with van der Waals surface area (Å²) in [7, 11) is 0. The number of nitro benzene ring substituents is 1. The molecule has 1 N–H and O–H groups in total. The van der Waals surface area contributed by atoms with Crippen molar-refractivity contribution >= 4 is 46.7 Å². The van der Waals surface area contributed by atoms with Gasteiger partial charge in [0.15, 0.2) is 11.5 Å². The molecule has 2 heterocycles. The molecule has 11 heteroatoms. The minimum Gasteiger partial charge on any atom is -0.454 e. The molecule has 1 aliphatic heterocycles. The average Bonchev–Trinajstić information content (AvgIpc) is 3.37. The Balaban J connectivity index is 1.51. The summed E-state index contributed by atoms with van der Waals surface area (Å²) in [6, 6.07) is 9.49. The number of benzene rings is 2. The molecule has 158 valence electrons. The largest absolute Gasteiger partial charge is 0.454 e. The second-order valence-corrected chi connectivity index (χ2v) is 7.23. The highest BCUT2D eigenvalue weighted by Gasteiger charge is 2.22. The first-order chi connectivity index (χ1) is 14.9. The Hall–Kier alpha value is -3.56. The van der Waals surface area contributed by atoms with Gasteiger partial charge in [-0.3, -0.25) is 14.9 Å².